The molecule has 4 nitrogen and oxygen atoms in total. The van der Waals surface area contributed by atoms with E-state index >= 15 is 0 Å². The highest BCUT2D eigenvalue weighted by Crippen LogP contribution is 2.05. The van der Waals surface area contributed by atoms with E-state index in [1.807, 2.05) is 48.5 Å². The van der Waals surface area contributed by atoms with Gasteiger partial charge in [0.25, 0.3) is 0 Å². The zero-order valence-electron chi connectivity index (χ0n) is 17.3. The average Bonchev–Trinajstić information content (AvgIpc) is 2.27. The van der Waals surface area contributed by atoms with Crippen LogP contribution in [-0.4, -0.2) is 50.8 Å². The molecule has 0 heterocycles. The van der Waals surface area contributed by atoms with Gasteiger partial charge in [0, 0.05) is 20.8 Å². The maximum absolute atomic E-state index is 5.34. The molecule has 0 fully saturated rings. The SMILES string of the molecule is CCOC(C)(C)C.COC(C)(C)C.COCCOC(C)(C)C. The summed E-state index contributed by atoms with van der Waals surface area (Å²) >= 11 is 0. The van der Waals surface area contributed by atoms with Crippen LogP contribution in [0, 0.1) is 0 Å². The van der Waals surface area contributed by atoms with Crippen molar-refractivity contribution in [1.29, 1.82) is 0 Å². The fraction of sp³-hybridized carbons (Fsp3) is 1.00. The largest absolute Gasteiger partial charge is 0.382 e. The molecule has 0 amide bonds. The van der Waals surface area contributed by atoms with Gasteiger partial charge in [-0.25, -0.2) is 0 Å². The van der Waals surface area contributed by atoms with Crippen molar-refractivity contribution in [3.05, 3.63) is 0 Å². The lowest BCUT2D eigenvalue weighted by Crippen LogP contribution is -2.21. The van der Waals surface area contributed by atoms with Crippen LogP contribution in [0.4, 0.5) is 0 Å². The standard InChI is InChI=1S/C7H16O2.C6H14O.C5H12O/c1-7(2,3)9-6-5-8-4;1-5-7-6(2,3)4;1-5(2,3)6-4/h5-6H2,1-4H3;5H2,1-4H3;1-4H3. The fourth-order valence-electron chi connectivity index (χ4n) is 0.864. The normalized spacial score (nSPS) is 12.0. The molecule has 0 aliphatic carbocycles. The molecule has 138 valence electrons. The second kappa shape index (κ2) is 13.3. The van der Waals surface area contributed by atoms with Gasteiger partial charge in [0.05, 0.1) is 30.0 Å². The lowest BCUT2D eigenvalue weighted by atomic mass is 10.2. The maximum Gasteiger partial charge on any atom is 0.0707 e. The van der Waals surface area contributed by atoms with Gasteiger partial charge in [-0.05, 0) is 69.2 Å². The van der Waals surface area contributed by atoms with E-state index in [1.54, 1.807) is 14.2 Å². The van der Waals surface area contributed by atoms with Crippen molar-refractivity contribution in [2.75, 3.05) is 34.0 Å². The number of ether oxygens (including phenoxy) is 4. The summed E-state index contributed by atoms with van der Waals surface area (Å²) in [5.41, 5.74) is 0.0628. The van der Waals surface area contributed by atoms with Crippen molar-refractivity contribution in [2.24, 2.45) is 0 Å². The molecule has 4 heteroatoms. The molecule has 0 aromatic rings. The Morgan fingerprint density at radius 3 is 1.09 bits per heavy atom. The van der Waals surface area contributed by atoms with Crippen molar-refractivity contribution in [1.82, 2.24) is 0 Å². The van der Waals surface area contributed by atoms with Crippen molar-refractivity contribution >= 4 is 0 Å². The van der Waals surface area contributed by atoms with Crippen molar-refractivity contribution < 1.29 is 18.9 Å². The maximum atomic E-state index is 5.34. The Bertz CT molecular complexity index is 219. The van der Waals surface area contributed by atoms with Gasteiger partial charge in [-0.2, -0.15) is 0 Å². The van der Waals surface area contributed by atoms with Crippen LogP contribution < -0.4 is 0 Å². The van der Waals surface area contributed by atoms with Crippen LogP contribution in [0.5, 0.6) is 0 Å². The molecule has 0 unspecified atom stereocenters. The van der Waals surface area contributed by atoms with Crippen LogP contribution in [0.15, 0.2) is 0 Å². The van der Waals surface area contributed by atoms with Gasteiger partial charge >= 0.3 is 0 Å². The zero-order valence-corrected chi connectivity index (χ0v) is 17.3. The Hall–Kier alpha value is -0.160. The van der Waals surface area contributed by atoms with E-state index in [9.17, 15) is 0 Å². The monoisotopic (exact) mass is 322 g/mol. The average molecular weight is 323 g/mol. The Morgan fingerprint density at radius 1 is 0.591 bits per heavy atom. The Balaban J connectivity index is -0.000000252. The second-order valence-electron chi connectivity index (χ2n) is 7.82. The highest BCUT2D eigenvalue weighted by Gasteiger charge is 2.08. The third-order valence-electron chi connectivity index (χ3n) is 2.01. The van der Waals surface area contributed by atoms with Crippen molar-refractivity contribution in [3.8, 4) is 0 Å². The molecule has 22 heavy (non-hydrogen) atoms. The van der Waals surface area contributed by atoms with E-state index in [0.29, 0.717) is 13.2 Å². The lowest BCUT2D eigenvalue weighted by molar-refractivity contribution is -0.0271. The van der Waals surface area contributed by atoms with E-state index in [1.165, 1.54) is 0 Å². The van der Waals surface area contributed by atoms with Gasteiger partial charge in [-0.15, -0.1) is 0 Å². The third-order valence-corrected chi connectivity index (χ3v) is 2.01. The highest BCUT2D eigenvalue weighted by molar-refractivity contribution is 4.58. The van der Waals surface area contributed by atoms with Crippen LogP contribution >= 0.6 is 0 Å². The molecule has 0 spiro atoms. The first-order valence-electron chi connectivity index (χ1n) is 8.00. The van der Waals surface area contributed by atoms with Gasteiger partial charge in [-0.1, -0.05) is 0 Å². The molecule has 0 atom stereocenters. The molecule has 0 saturated carbocycles. The van der Waals surface area contributed by atoms with Crippen LogP contribution in [0.3, 0.4) is 0 Å². The molecule has 0 aliphatic rings. The van der Waals surface area contributed by atoms with Crippen LogP contribution in [0.25, 0.3) is 0 Å². The van der Waals surface area contributed by atoms with E-state index in [0.717, 1.165) is 6.61 Å². The smallest absolute Gasteiger partial charge is 0.0707 e. The van der Waals surface area contributed by atoms with E-state index in [2.05, 4.69) is 20.8 Å². The summed E-state index contributed by atoms with van der Waals surface area (Å²) in [5.74, 6) is 0. The van der Waals surface area contributed by atoms with Gasteiger partial charge in [0.15, 0.2) is 0 Å². The predicted octanol–water partition coefficient (Wildman–Crippen LogP) is 4.70. The quantitative estimate of drug-likeness (QED) is 0.703. The van der Waals surface area contributed by atoms with Gasteiger partial charge < -0.3 is 18.9 Å². The van der Waals surface area contributed by atoms with Crippen LogP contribution in [0.1, 0.15) is 69.2 Å². The number of methoxy groups -OCH3 is 2. The molecule has 0 radical (unpaired) electrons. The zero-order chi connectivity index (χ0) is 18.4. The summed E-state index contributed by atoms with van der Waals surface area (Å²) in [6, 6.07) is 0. The van der Waals surface area contributed by atoms with Crippen molar-refractivity contribution in [3.63, 3.8) is 0 Å². The molecule has 0 saturated heterocycles. The summed E-state index contributed by atoms with van der Waals surface area (Å²) in [7, 11) is 3.38. The van der Waals surface area contributed by atoms with Crippen LogP contribution in [0.2, 0.25) is 0 Å². The summed E-state index contributed by atoms with van der Waals surface area (Å²) in [6.45, 7) is 22.5. The van der Waals surface area contributed by atoms with E-state index < -0.39 is 0 Å². The minimum atomic E-state index is -0.0292. The molecule has 0 aromatic heterocycles. The molecule has 0 aliphatic heterocycles. The number of rotatable bonds is 4. The number of hydrogen-bond donors (Lipinski definition) is 0. The summed E-state index contributed by atoms with van der Waals surface area (Å²) in [5, 5.41) is 0. The Morgan fingerprint density at radius 2 is 0.955 bits per heavy atom. The van der Waals surface area contributed by atoms with Gasteiger partial charge in [0.1, 0.15) is 0 Å². The third kappa shape index (κ3) is 42.7. The fourth-order valence-corrected chi connectivity index (χ4v) is 0.864. The number of hydrogen-bond acceptors (Lipinski definition) is 4. The first-order chi connectivity index (χ1) is 9.68. The predicted molar refractivity (Wildman–Crippen MR) is 95.7 cm³/mol. The molecule has 0 aromatic carbocycles. The van der Waals surface area contributed by atoms with Gasteiger partial charge in [-0.3, -0.25) is 0 Å². The molecular weight excluding hydrogens is 280 g/mol. The Labute approximate surface area is 139 Å². The van der Waals surface area contributed by atoms with Gasteiger partial charge in [0.2, 0.25) is 0 Å². The lowest BCUT2D eigenvalue weighted by Gasteiger charge is -2.18. The molecular formula is C18H42O4. The van der Waals surface area contributed by atoms with E-state index in [-0.39, 0.29) is 16.8 Å². The first-order valence-corrected chi connectivity index (χ1v) is 8.00. The first kappa shape index (κ1) is 26.7. The van der Waals surface area contributed by atoms with Crippen molar-refractivity contribution in [2.45, 2.75) is 86.0 Å². The Kier molecular flexibility index (Phi) is 16.1. The van der Waals surface area contributed by atoms with E-state index in [4.69, 9.17) is 18.9 Å². The second-order valence-corrected chi connectivity index (χ2v) is 7.82. The van der Waals surface area contributed by atoms with Crippen LogP contribution in [-0.2, 0) is 18.9 Å². The molecule has 0 bridgehead atoms. The highest BCUT2D eigenvalue weighted by atomic mass is 16.5. The minimum Gasteiger partial charge on any atom is -0.382 e. The topological polar surface area (TPSA) is 36.9 Å². The summed E-state index contributed by atoms with van der Waals surface area (Å²) in [4.78, 5) is 0. The minimum absolute atomic E-state index is 0.0292. The summed E-state index contributed by atoms with van der Waals surface area (Å²) in [6.07, 6.45) is 0. The summed E-state index contributed by atoms with van der Waals surface area (Å²) < 4.78 is 20.3. The molecule has 0 N–H and O–H groups in total. The molecule has 0 rings (SSSR count).